The van der Waals surface area contributed by atoms with Crippen LogP contribution >= 0.6 is 0 Å². The number of aromatic hydroxyl groups is 1. The van der Waals surface area contributed by atoms with Crippen molar-refractivity contribution in [3.05, 3.63) is 83.6 Å². The zero-order valence-corrected chi connectivity index (χ0v) is 14.3. The smallest absolute Gasteiger partial charge is 0.322 e. The largest absolute Gasteiger partial charge is 0.508 e. The van der Waals surface area contributed by atoms with Gasteiger partial charge in [0.25, 0.3) is 0 Å². The van der Waals surface area contributed by atoms with Crippen LogP contribution in [0.2, 0.25) is 0 Å². The molecule has 0 radical (unpaired) electrons. The average molecular weight is 354 g/mol. The summed E-state index contributed by atoms with van der Waals surface area (Å²) in [5.74, 6) is 0.372. The van der Waals surface area contributed by atoms with Crippen LogP contribution in [0.15, 0.2) is 65.3 Å². The predicted octanol–water partition coefficient (Wildman–Crippen LogP) is 4.67. The number of hydrogen-bond donors (Lipinski definition) is 2. The summed E-state index contributed by atoms with van der Waals surface area (Å²) >= 11 is 0. The zero-order valence-electron chi connectivity index (χ0n) is 14.3. The topological polar surface area (TPSA) is 65.7 Å². The number of nitrogens with one attached hydrogen (secondary N) is 1. The van der Waals surface area contributed by atoms with E-state index in [0.717, 1.165) is 0 Å². The third kappa shape index (κ3) is 4.22. The van der Waals surface area contributed by atoms with Crippen molar-refractivity contribution in [1.29, 1.82) is 0 Å². The van der Waals surface area contributed by atoms with Gasteiger partial charge >= 0.3 is 6.03 Å². The summed E-state index contributed by atoms with van der Waals surface area (Å²) in [5.41, 5.74) is 1.77. The Balaban J connectivity index is 1.81. The first kappa shape index (κ1) is 17.5. The Labute approximate surface area is 150 Å². The van der Waals surface area contributed by atoms with Crippen LogP contribution in [0.5, 0.6) is 5.75 Å². The molecule has 2 amide bonds. The van der Waals surface area contributed by atoms with Crippen LogP contribution in [0, 0.1) is 12.7 Å². The summed E-state index contributed by atoms with van der Waals surface area (Å²) in [5, 5.41) is 12.8. The predicted molar refractivity (Wildman–Crippen MR) is 96.2 cm³/mol. The Morgan fingerprint density at radius 1 is 1.15 bits per heavy atom. The van der Waals surface area contributed by atoms with Gasteiger partial charge < -0.3 is 19.7 Å². The standard InChI is InChI=1S/C20H19FN2O3/c1-14-11-16(21)8-9-18(14)22-20(25)23(13-17-6-4-10-26-17)12-15-5-2-3-7-19(15)24/h2-11,24H,12-13H2,1H3,(H,22,25). The Bertz CT molecular complexity index is 894. The van der Waals surface area contributed by atoms with Gasteiger partial charge in [0.15, 0.2) is 0 Å². The van der Waals surface area contributed by atoms with Crippen LogP contribution in [0.3, 0.4) is 0 Å². The van der Waals surface area contributed by atoms with Crippen LogP contribution in [0.4, 0.5) is 14.9 Å². The van der Waals surface area contributed by atoms with Crippen LogP contribution < -0.4 is 5.32 Å². The molecule has 0 spiro atoms. The average Bonchev–Trinajstić information content (AvgIpc) is 3.12. The van der Waals surface area contributed by atoms with E-state index in [2.05, 4.69) is 5.32 Å². The number of hydrogen-bond acceptors (Lipinski definition) is 3. The monoisotopic (exact) mass is 354 g/mol. The van der Waals surface area contributed by atoms with Gasteiger partial charge in [-0.2, -0.15) is 0 Å². The van der Waals surface area contributed by atoms with E-state index in [9.17, 15) is 14.3 Å². The van der Waals surface area contributed by atoms with Gasteiger partial charge in [0.2, 0.25) is 0 Å². The molecule has 0 atom stereocenters. The molecule has 0 fully saturated rings. The van der Waals surface area contributed by atoms with E-state index >= 15 is 0 Å². The molecule has 0 saturated carbocycles. The summed E-state index contributed by atoms with van der Waals surface area (Å²) < 4.78 is 18.6. The highest BCUT2D eigenvalue weighted by atomic mass is 19.1. The van der Waals surface area contributed by atoms with Crippen LogP contribution in [-0.2, 0) is 13.1 Å². The molecule has 0 bridgehead atoms. The number of anilines is 1. The highest BCUT2D eigenvalue weighted by Gasteiger charge is 2.18. The lowest BCUT2D eigenvalue weighted by Gasteiger charge is -2.23. The number of para-hydroxylation sites is 1. The fraction of sp³-hybridized carbons (Fsp3) is 0.150. The Morgan fingerprint density at radius 3 is 2.65 bits per heavy atom. The maximum Gasteiger partial charge on any atom is 0.322 e. The van der Waals surface area contributed by atoms with E-state index in [0.29, 0.717) is 22.6 Å². The minimum atomic E-state index is -0.376. The van der Waals surface area contributed by atoms with E-state index < -0.39 is 0 Å². The number of benzene rings is 2. The highest BCUT2D eigenvalue weighted by molar-refractivity contribution is 5.90. The molecule has 0 unspecified atom stereocenters. The van der Waals surface area contributed by atoms with Crippen LogP contribution in [0.1, 0.15) is 16.9 Å². The molecule has 6 heteroatoms. The first-order valence-electron chi connectivity index (χ1n) is 8.14. The molecule has 2 aromatic carbocycles. The van der Waals surface area contributed by atoms with E-state index in [1.807, 2.05) is 0 Å². The van der Waals surface area contributed by atoms with Crippen molar-refractivity contribution < 1.29 is 18.7 Å². The molecule has 5 nitrogen and oxygen atoms in total. The number of amides is 2. The number of rotatable bonds is 5. The van der Waals surface area contributed by atoms with E-state index in [1.54, 1.807) is 43.3 Å². The molecule has 0 saturated heterocycles. The maximum absolute atomic E-state index is 13.3. The Morgan fingerprint density at radius 2 is 1.96 bits per heavy atom. The van der Waals surface area contributed by atoms with Gasteiger partial charge in [-0.1, -0.05) is 18.2 Å². The fourth-order valence-electron chi connectivity index (χ4n) is 2.60. The van der Waals surface area contributed by atoms with Gasteiger partial charge in [0, 0.05) is 11.3 Å². The number of halogens is 1. The molecule has 0 aliphatic rings. The first-order valence-corrected chi connectivity index (χ1v) is 8.14. The molecule has 3 rings (SSSR count). The number of furan rings is 1. The van der Waals surface area contributed by atoms with Crippen molar-refractivity contribution in [2.24, 2.45) is 0 Å². The van der Waals surface area contributed by atoms with Gasteiger partial charge in [-0.25, -0.2) is 9.18 Å². The highest BCUT2D eigenvalue weighted by Crippen LogP contribution is 2.21. The van der Waals surface area contributed by atoms with Gasteiger partial charge in [0.1, 0.15) is 17.3 Å². The van der Waals surface area contributed by atoms with E-state index in [4.69, 9.17) is 4.42 Å². The number of phenols is 1. The minimum absolute atomic E-state index is 0.114. The molecule has 2 N–H and O–H groups in total. The fourth-order valence-corrected chi connectivity index (χ4v) is 2.60. The van der Waals surface area contributed by atoms with Gasteiger partial charge in [-0.15, -0.1) is 0 Å². The third-order valence-electron chi connectivity index (χ3n) is 4.00. The normalized spacial score (nSPS) is 10.5. The SMILES string of the molecule is Cc1cc(F)ccc1NC(=O)N(Cc1ccco1)Cc1ccccc1O. The van der Waals surface area contributed by atoms with Crippen LogP contribution in [0.25, 0.3) is 0 Å². The summed E-state index contributed by atoms with van der Waals surface area (Å²) in [6.45, 7) is 2.14. The zero-order chi connectivity index (χ0) is 18.5. The maximum atomic E-state index is 13.3. The number of nitrogens with zero attached hydrogens (tertiary/aromatic N) is 1. The van der Waals surface area contributed by atoms with Gasteiger partial charge in [-0.05, 0) is 48.9 Å². The summed E-state index contributed by atoms with van der Waals surface area (Å²) in [4.78, 5) is 14.3. The molecule has 1 aromatic heterocycles. The number of phenolic OH excluding ortho intramolecular Hbond substituents is 1. The summed E-state index contributed by atoms with van der Waals surface area (Å²) in [6, 6.07) is 14.2. The third-order valence-corrected chi connectivity index (χ3v) is 4.00. The number of urea groups is 1. The molecule has 134 valence electrons. The number of carbonyl (C=O) groups excluding carboxylic acids is 1. The van der Waals surface area contributed by atoms with Crippen molar-refractivity contribution in [1.82, 2.24) is 4.90 Å². The van der Waals surface area contributed by atoms with E-state index in [1.165, 1.54) is 29.4 Å². The molecular weight excluding hydrogens is 335 g/mol. The molecule has 3 aromatic rings. The molecule has 0 aliphatic heterocycles. The lowest BCUT2D eigenvalue weighted by atomic mass is 10.2. The second-order valence-electron chi connectivity index (χ2n) is 5.95. The Kier molecular flexibility index (Phi) is 5.22. The van der Waals surface area contributed by atoms with Gasteiger partial charge in [-0.3, -0.25) is 0 Å². The van der Waals surface area contributed by atoms with E-state index in [-0.39, 0.29) is 30.7 Å². The van der Waals surface area contributed by atoms with Crippen molar-refractivity contribution in [2.75, 3.05) is 5.32 Å². The second kappa shape index (κ2) is 7.74. The number of carbonyl (C=O) groups is 1. The van der Waals surface area contributed by atoms with Crippen molar-refractivity contribution >= 4 is 11.7 Å². The molecule has 0 aliphatic carbocycles. The summed E-state index contributed by atoms with van der Waals surface area (Å²) in [7, 11) is 0. The second-order valence-corrected chi connectivity index (χ2v) is 5.95. The molecule has 1 heterocycles. The molecule has 26 heavy (non-hydrogen) atoms. The lowest BCUT2D eigenvalue weighted by Crippen LogP contribution is -2.34. The van der Waals surface area contributed by atoms with Crippen molar-refractivity contribution in [2.45, 2.75) is 20.0 Å². The minimum Gasteiger partial charge on any atom is -0.508 e. The molecular formula is C20H19FN2O3. The Hall–Kier alpha value is -3.28. The van der Waals surface area contributed by atoms with Gasteiger partial charge in [0.05, 0.1) is 19.4 Å². The first-order chi connectivity index (χ1) is 12.5. The number of aryl methyl sites for hydroxylation is 1. The lowest BCUT2D eigenvalue weighted by molar-refractivity contribution is 0.200. The summed E-state index contributed by atoms with van der Waals surface area (Å²) in [6.07, 6.45) is 1.54. The van der Waals surface area contributed by atoms with Crippen LogP contribution in [-0.4, -0.2) is 16.0 Å². The van der Waals surface area contributed by atoms with Crippen molar-refractivity contribution in [3.63, 3.8) is 0 Å². The van der Waals surface area contributed by atoms with Crippen molar-refractivity contribution in [3.8, 4) is 5.75 Å². The quantitative estimate of drug-likeness (QED) is 0.700.